The van der Waals surface area contributed by atoms with Crippen molar-refractivity contribution in [2.75, 3.05) is 6.61 Å². The summed E-state index contributed by atoms with van der Waals surface area (Å²) in [7, 11) is 0. The molecule has 0 aromatic rings. The summed E-state index contributed by atoms with van der Waals surface area (Å²) in [6.07, 6.45) is 6.03. The van der Waals surface area contributed by atoms with Crippen LogP contribution in [0.15, 0.2) is 11.6 Å². The fourth-order valence-corrected chi connectivity index (χ4v) is 2.47. The number of hydrogen-bond donors (Lipinski definition) is 1. The monoisotopic (exact) mass is 138 g/mol. The Labute approximate surface area is 61.8 Å². The quantitative estimate of drug-likeness (QED) is 0.547. The van der Waals surface area contributed by atoms with Crippen molar-refractivity contribution in [1.29, 1.82) is 0 Å². The maximum Gasteiger partial charge on any atom is 0.0522 e. The van der Waals surface area contributed by atoms with Crippen LogP contribution in [0.3, 0.4) is 0 Å². The lowest BCUT2D eigenvalue weighted by molar-refractivity contribution is 0.177. The van der Waals surface area contributed by atoms with Gasteiger partial charge in [-0.3, -0.25) is 0 Å². The fraction of sp³-hybridized carbons (Fsp3) is 0.778. The van der Waals surface area contributed by atoms with Gasteiger partial charge >= 0.3 is 0 Å². The molecule has 0 aliphatic heterocycles. The third-order valence-electron chi connectivity index (χ3n) is 3.14. The molecule has 0 saturated heterocycles. The minimum atomic E-state index is 0.217. The molecule has 0 amide bonds. The summed E-state index contributed by atoms with van der Waals surface area (Å²) >= 11 is 0. The molecule has 10 heavy (non-hydrogen) atoms. The average Bonchev–Trinajstić information content (AvgIpc) is 2.45. The average molecular weight is 138 g/mol. The normalized spacial score (nSPS) is 44.2. The summed E-state index contributed by atoms with van der Waals surface area (Å²) in [4.78, 5) is 0. The molecule has 2 aliphatic rings. The van der Waals surface area contributed by atoms with Gasteiger partial charge in [-0.1, -0.05) is 11.6 Å². The third kappa shape index (κ3) is 0.671. The second-order valence-electron chi connectivity index (χ2n) is 3.85. The van der Waals surface area contributed by atoms with Crippen LogP contribution in [0.25, 0.3) is 0 Å². The van der Waals surface area contributed by atoms with Crippen molar-refractivity contribution in [1.82, 2.24) is 0 Å². The Morgan fingerprint density at radius 2 is 2.60 bits per heavy atom. The molecular formula is C9H14O. The first-order valence-electron chi connectivity index (χ1n) is 4.06. The van der Waals surface area contributed by atoms with Crippen molar-refractivity contribution in [2.24, 2.45) is 11.3 Å². The number of allylic oxidation sites excluding steroid dienone is 1. The minimum absolute atomic E-state index is 0.217. The molecule has 0 spiro atoms. The molecule has 0 radical (unpaired) electrons. The van der Waals surface area contributed by atoms with Crippen LogP contribution >= 0.6 is 0 Å². The van der Waals surface area contributed by atoms with Crippen molar-refractivity contribution in [2.45, 2.75) is 26.2 Å². The number of hydrogen-bond acceptors (Lipinski definition) is 1. The van der Waals surface area contributed by atoms with Crippen LogP contribution in [0.5, 0.6) is 0 Å². The van der Waals surface area contributed by atoms with E-state index in [1.165, 1.54) is 24.8 Å². The number of rotatable bonds is 1. The van der Waals surface area contributed by atoms with Crippen LogP contribution in [0.1, 0.15) is 26.2 Å². The second kappa shape index (κ2) is 1.85. The predicted molar refractivity (Wildman–Crippen MR) is 40.6 cm³/mol. The number of fused-ring (bicyclic) bond motifs is 2. The molecular weight excluding hydrogens is 124 g/mol. The lowest BCUT2D eigenvalue weighted by atomic mass is 9.88. The molecule has 1 fully saturated rings. The highest BCUT2D eigenvalue weighted by Gasteiger charge is 2.42. The van der Waals surface area contributed by atoms with Gasteiger partial charge in [-0.15, -0.1) is 0 Å². The van der Waals surface area contributed by atoms with Crippen molar-refractivity contribution in [3.63, 3.8) is 0 Å². The van der Waals surface area contributed by atoms with Crippen molar-refractivity contribution in [3.8, 4) is 0 Å². The zero-order valence-corrected chi connectivity index (χ0v) is 6.43. The van der Waals surface area contributed by atoms with E-state index in [-0.39, 0.29) is 5.41 Å². The number of aliphatic hydroxyl groups is 1. The Bertz CT molecular complexity index is 183. The Kier molecular flexibility index (Phi) is 1.19. The highest BCUT2D eigenvalue weighted by molar-refractivity contribution is 5.23. The van der Waals surface area contributed by atoms with E-state index in [0.29, 0.717) is 6.61 Å². The van der Waals surface area contributed by atoms with Crippen molar-refractivity contribution >= 4 is 0 Å². The van der Waals surface area contributed by atoms with Crippen LogP contribution in [-0.2, 0) is 0 Å². The lowest BCUT2D eigenvalue weighted by Gasteiger charge is -2.19. The Hall–Kier alpha value is -0.300. The van der Waals surface area contributed by atoms with Crippen LogP contribution in [-0.4, -0.2) is 11.7 Å². The molecule has 2 atom stereocenters. The van der Waals surface area contributed by atoms with E-state index < -0.39 is 0 Å². The van der Waals surface area contributed by atoms with Crippen LogP contribution in [0, 0.1) is 11.3 Å². The lowest BCUT2D eigenvalue weighted by Crippen LogP contribution is -2.16. The van der Waals surface area contributed by atoms with Gasteiger partial charge in [-0.25, -0.2) is 0 Å². The Morgan fingerprint density at radius 1 is 1.80 bits per heavy atom. The first kappa shape index (κ1) is 6.41. The fourth-order valence-electron chi connectivity index (χ4n) is 2.47. The zero-order valence-electron chi connectivity index (χ0n) is 6.43. The molecule has 1 nitrogen and oxygen atoms in total. The van der Waals surface area contributed by atoms with E-state index >= 15 is 0 Å². The molecule has 2 rings (SSSR count). The van der Waals surface area contributed by atoms with Gasteiger partial charge in [-0.2, -0.15) is 0 Å². The minimum Gasteiger partial charge on any atom is -0.395 e. The van der Waals surface area contributed by atoms with E-state index in [1.807, 2.05) is 0 Å². The summed E-state index contributed by atoms with van der Waals surface area (Å²) in [6, 6.07) is 0. The van der Waals surface area contributed by atoms with Gasteiger partial charge in [-0.05, 0) is 32.1 Å². The van der Waals surface area contributed by atoms with Crippen LogP contribution in [0.2, 0.25) is 0 Å². The third-order valence-corrected chi connectivity index (χ3v) is 3.14. The molecule has 1 N–H and O–H groups in total. The summed E-state index contributed by atoms with van der Waals surface area (Å²) < 4.78 is 0. The molecule has 0 aromatic heterocycles. The summed E-state index contributed by atoms with van der Waals surface area (Å²) in [5, 5.41) is 9.12. The molecule has 2 aliphatic carbocycles. The van der Waals surface area contributed by atoms with Crippen LogP contribution < -0.4 is 0 Å². The molecule has 1 heteroatoms. The van der Waals surface area contributed by atoms with Gasteiger partial charge in [0, 0.05) is 5.41 Å². The standard InChI is InChI=1S/C9H14O/c1-7-4-9(6-10)3-2-8(7)5-9/h4,8,10H,2-3,5-6H2,1H3. The van der Waals surface area contributed by atoms with Gasteiger partial charge in [0.25, 0.3) is 0 Å². The zero-order chi connectivity index (χ0) is 7.19. The molecule has 2 bridgehead atoms. The topological polar surface area (TPSA) is 20.2 Å². The molecule has 1 saturated carbocycles. The van der Waals surface area contributed by atoms with Crippen molar-refractivity contribution in [3.05, 3.63) is 11.6 Å². The van der Waals surface area contributed by atoms with Gasteiger partial charge < -0.3 is 5.11 Å². The van der Waals surface area contributed by atoms with Gasteiger partial charge in [0.1, 0.15) is 0 Å². The maximum atomic E-state index is 9.12. The number of aliphatic hydroxyl groups excluding tert-OH is 1. The smallest absolute Gasteiger partial charge is 0.0522 e. The highest BCUT2D eigenvalue weighted by atomic mass is 16.3. The highest BCUT2D eigenvalue weighted by Crippen LogP contribution is 2.51. The van der Waals surface area contributed by atoms with E-state index in [1.54, 1.807) is 0 Å². The van der Waals surface area contributed by atoms with Crippen LogP contribution in [0.4, 0.5) is 0 Å². The van der Waals surface area contributed by atoms with Gasteiger partial charge in [0.15, 0.2) is 0 Å². The Balaban J connectivity index is 2.28. The summed E-state index contributed by atoms with van der Waals surface area (Å²) in [5.41, 5.74) is 1.73. The largest absolute Gasteiger partial charge is 0.395 e. The first-order chi connectivity index (χ1) is 4.76. The SMILES string of the molecule is CC1=CC2(CO)CCC1C2. The van der Waals surface area contributed by atoms with Crippen molar-refractivity contribution < 1.29 is 5.11 Å². The Morgan fingerprint density at radius 3 is 2.90 bits per heavy atom. The first-order valence-corrected chi connectivity index (χ1v) is 4.06. The van der Waals surface area contributed by atoms with E-state index in [2.05, 4.69) is 13.0 Å². The van der Waals surface area contributed by atoms with Gasteiger partial charge in [0.2, 0.25) is 0 Å². The maximum absolute atomic E-state index is 9.12. The predicted octanol–water partition coefficient (Wildman–Crippen LogP) is 1.73. The van der Waals surface area contributed by atoms with E-state index in [4.69, 9.17) is 5.11 Å². The molecule has 2 unspecified atom stereocenters. The summed E-state index contributed by atoms with van der Waals surface area (Å²) in [6.45, 7) is 2.56. The van der Waals surface area contributed by atoms with E-state index in [9.17, 15) is 0 Å². The van der Waals surface area contributed by atoms with E-state index in [0.717, 1.165) is 5.92 Å². The molecule has 0 heterocycles. The second-order valence-corrected chi connectivity index (χ2v) is 3.85. The summed E-state index contributed by atoms with van der Waals surface area (Å²) in [5.74, 6) is 0.812. The van der Waals surface area contributed by atoms with Gasteiger partial charge in [0.05, 0.1) is 6.61 Å². The molecule has 0 aromatic carbocycles. The molecule has 56 valence electrons.